The highest BCUT2D eigenvalue weighted by atomic mass is 15.3. The SMILES string of the molecule is Cn1cnc(Cc2ccc(N)cc2)n1. The summed E-state index contributed by atoms with van der Waals surface area (Å²) < 4.78 is 1.70. The van der Waals surface area contributed by atoms with Crippen LogP contribution < -0.4 is 5.73 Å². The molecular formula is C10H12N4. The van der Waals surface area contributed by atoms with Crippen LogP contribution in [0, 0.1) is 0 Å². The first-order chi connectivity index (χ1) is 6.74. The van der Waals surface area contributed by atoms with Crippen molar-refractivity contribution in [3.63, 3.8) is 0 Å². The Morgan fingerprint density at radius 2 is 2.00 bits per heavy atom. The van der Waals surface area contributed by atoms with Gasteiger partial charge in [0.15, 0.2) is 5.82 Å². The Morgan fingerprint density at radius 1 is 1.29 bits per heavy atom. The molecule has 0 saturated carbocycles. The number of anilines is 1. The Morgan fingerprint density at radius 3 is 2.57 bits per heavy atom. The van der Waals surface area contributed by atoms with Gasteiger partial charge in [-0.25, -0.2) is 4.98 Å². The predicted octanol–water partition coefficient (Wildman–Crippen LogP) is 0.988. The van der Waals surface area contributed by atoms with Gasteiger partial charge in [0.05, 0.1) is 0 Å². The number of benzene rings is 1. The Labute approximate surface area is 82.4 Å². The third-order valence-electron chi connectivity index (χ3n) is 1.99. The van der Waals surface area contributed by atoms with Crippen molar-refractivity contribution in [3.05, 3.63) is 42.0 Å². The second-order valence-corrected chi connectivity index (χ2v) is 3.25. The molecule has 0 aliphatic heterocycles. The van der Waals surface area contributed by atoms with E-state index in [4.69, 9.17) is 5.73 Å². The molecule has 72 valence electrons. The smallest absolute Gasteiger partial charge is 0.154 e. The molecule has 0 fully saturated rings. The minimum Gasteiger partial charge on any atom is -0.399 e. The highest BCUT2D eigenvalue weighted by Crippen LogP contribution is 2.08. The van der Waals surface area contributed by atoms with Gasteiger partial charge < -0.3 is 5.73 Å². The van der Waals surface area contributed by atoms with Gasteiger partial charge in [0.2, 0.25) is 0 Å². The van der Waals surface area contributed by atoms with Crippen LogP contribution in [0.1, 0.15) is 11.4 Å². The van der Waals surface area contributed by atoms with E-state index in [2.05, 4.69) is 10.1 Å². The van der Waals surface area contributed by atoms with Gasteiger partial charge >= 0.3 is 0 Å². The first-order valence-electron chi connectivity index (χ1n) is 4.43. The van der Waals surface area contributed by atoms with Crippen molar-refractivity contribution in [2.45, 2.75) is 6.42 Å². The molecule has 4 heteroatoms. The fourth-order valence-corrected chi connectivity index (χ4v) is 1.28. The number of nitrogen functional groups attached to an aromatic ring is 1. The summed E-state index contributed by atoms with van der Waals surface area (Å²) >= 11 is 0. The Hall–Kier alpha value is -1.84. The summed E-state index contributed by atoms with van der Waals surface area (Å²) in [6, 6.07) is 7.76. The summed E-state index contributed by atoms with van der Waals surface area (Å²) in [5.74, 6) is 0.831. The number of rotatable bonds is 2. The topological polar surface area (TPSA) is 56.7 Å². The zero-order valence-electron chi connectivity index (χ0n) is 8.01. The van der Waals surface area contributed by atoms with E-state index >= 15 is 0 Å². The second kappa shape index (κ2) is 3.49. The third-order valence-corrected chi connectivity index (χ3v) is 1.99. The van der Waals surface area contributed by atoms with Crippen molar-refractivity contribution in [1.82, 2.24) is 14.8 Å². The molecule has 2 aromatic rings. The van der Waals surface area contributed by atoms with Crippen LogP contribution in [0.5, 0.6) is 0 Å². The summed E-state index contributed by atoms with van der Waals surface area (Å²) in [4.78, 5) is 4.15. The zero-order valence-corrected chi connectivity index (χ0v) is 8.01. The van der Waals surface area contributed by atoms with Crippen LogP contribution in [-0.4, -0.2) is 14.8 Å². The van der Waals surface area contributed by atoms with Crippen LogP contribution in [0.2, 0.25) is 0 Å². The van der Waals surface area contributed by atoms with Gasteiger partial charge in [-0.3, -0.25) is 4.68 Å². The molecule has 14 heavy (non-hydrogen) atoms. The molecule has 0 bridgehead atoms. The van der Waals surface area contributed by atoms with Gasteiger partial charge in [0, 0.05) is 19.2 Å². The van der Waals surface area contributed by atoms with Gasteiger partial charge in [-0.05, 0) is 17.7 Å². The lowest BCUT2D eigenvalue weighted by Crippen LogP contribution is -1.94. The highest BCUT2D eigenvalue weighted by molar-refractivity contribution is 5.39. The number of hydrogen-bond acceptors (Lipinski definition) is 3. The standard InChI is InChI=1S/C10H12N4/c1-14-7-12-10(13-14)6-8-2-4-9(11)5-3-8/h2-5,7H,6,11H2,1H3. The zero-order chi connectivity index (χ0) is 9.97. The summed E-state index contributed by atoms with van der Waals surface area (Å²) in [7, 11) is 1.86. The third kappa shape index (κ3) is 1.90. The van der Waals surface area contributed by atoms with E-state index in [9.17, 15) is 0 Å². The van der Waals surface area contributed by atoms with Crippen molar-refractivity contribution >= 4 is 5.69 Å². The van der Waals surface area contributed by atoms with E-state index in [0.717, 1.165) is 17.9 Å². The van der Waals surface area contributed by atoms with Crippen molar-refractivity contribution in [2.24, 2.45) is 7.05 Å². The van der Waals surface area contributed by atoms with Crippen LogP contribution in [0.25, 0.3) is 0 Å². The van der Waals surface area contributed by atoms with Gasteiger partial charge in [-0.2, -0.15) is 5.10 Å². The second-order valence-electron chi connectivity index (χ2n) is 3.25. The lowest BCUT2D eigenvalue weighted by atomic mass is 10.1. The average Bonchev–Trinajstić information content (AvgIpc) is 2.56. The number of hydrogen-bond donors (Lipinski definition) is 1. The van der Waals surface area contributed by atoms with E-state index in [1.807, 2.05) is 31.3 Å². The lowest BCUT2D eigenvalue weighted by molar-refractivity contribution is 0.749. The lowest BCUT2D eigenvalue weighted by Gasteiger charge is -1.97. The molecule has 0 unspecified atom stereocenters. The molecular weight excluding hydrogens is 176 g/mol. The van der Waals surface area contributed by atoms with Gasteiger partial charge in [0.25, 0.3) is 0 Å². The first-order valence-corrected chi connectivity index (χ1v) is 4.43. The van der Waals surface area contributed by atoms with E-state index in [0.29, 0.717) is 0 Å². The molecule has 1 aromatic carbocycles. The predicted molar refractivity (Wildman–Crippen MR) is 54.7 cm³/mol. The minimum atomic E-state index is 0.751. The molecule has 0 radical (unpaired) electrons. The minimum absolute atomic E-state index is 0.751. The summed E-state index contributed by atoms with van der Waals surface area (Å²) in [5.41, 5.74) is 7.54. The van der Waals surface area contributed by atoms with Crippen molar-refractivity contribution in [3.8, 4) is 0 Å². The van der Waals surface area contributed by atoms with Gasteiger partial charge in [0.1, 0.15) is 6.33 Å². The molecule has 1 aromatic heterocycles. The van der Waals surface area contributed by atoms with Crippen LogP contribution >= 0.6 is 0 Å². The normalized spacial score (nSPS) is 10.4. The Balaban J connectivity index is 2.15. The maximum atomic E-state index is 5.59. The number of aromatic nitrogens is 3. The molecule has 0 aliphatic rings. The van der Waals surface area contributed by atoms with E-state index < -0.39 is 0 Å². The van der Waals surface area contributed by atoms with Gasteiger partial charge in [-0.1, -0.05) is 12.1 Å². The summed E-state index contributed by atoms with van der Waals surface area (Å²) in [6.45, 7) is 0. The maximum Gasteiger partial charge on any atom is 0.154 e. The van der Waals surface area contributed by atoms with Crippen molar-refractivity contribution < 1.29 is 0 Å². The number of nitrogens with two attached hydrogens (primary N) is 1. The van der Waals surface area contributed by atoms with Crippen molar-refractivity contribution in [2.75, 3.05) is 5.73 Å². The van der Waals surface area contributed by atoms with E-state index in [1.165, 1.54) is 5.56 Å². The summed E-state index contributed by atoms with van der Waals surface area (Å²) in [6.07, 6.45) is 2.45. The molecule has 0 saturated heterocycles. The molecule has 0 atom stereocenters. The van der Waals surface area contributed by atoms with E-state index in [-0.39, 0.29) is 0 Å². The Bertz CT molecular complexity index is 416. The molecule has 0 spiro atoms. The van der Waals surface area contributed by atoms with Gasteiger partial charge in [-0.15, -0.1) is 0 Å². The average molecular weight is 188 g/mol. The fourth-order valence-electron chi connectivity index (χ4n) is 1.28. The molecule has 2 N–H and O–H groups in total. The van der Waals surface area contributed by atoms with Crippen LogP contribution in [-0.2, 0) is 13.5 Å². The molecule has 0 aliphatic carbocycles. The fraction of sp³-hybridized carbons (Fsp3) is 0.200. The first kappa shape index (κ1) is 8.74. The largest absolute Gasteiger partial charge is 0.399 e. The quantitative estimate of drug-likeness (QED) is 0.715. The number of aryl methyl sites for hydroxylation is 1. The Kier molecular flexibility index (Phi) is 2.18. The van der Waals surface area contributed by atoms with Crippen LogP contribution in [0.3, 0.4) is 0 Å². The molecule has 4 nitrogen and oxygen atoms in total. The number of nitrogens with zero attached hydrogens (tertiary/aromatic N) is 3. The maximum absolute atomic E-state index is 5.59. The molecule has 2 rings (SSSR count). The van der Waals surface area contributed by atoms with Crippen LogP contribution in [0.15, 0.2) is 30.6 Å². The highest BCUT2D eigenvalue weighted by Gasteiger charge is 2.00. The van der Waals surface area contributed by atoms with Crippen molar-refractivity contribution in [1.29, 1.82) is 0 Å². The monoisotopic (exact) mass is 188 g/mol. The van der Waals surface area contributed by atoms with E-state index in [1.54, 1.807) is 11.0 Å². The summed E-state index contributed by atoms with van der Waals surface area (Å²) in [5, 5.41) is 4.20. The van der Waals surface area contributed by atoms with Crippen LogP contribution in [0.4, 0.5) is 5.69 Å². The molecule has 0 amide bonds. The molecule has 1 heterocycles.